The van der Waals surface area contributed by atoms with Crippen molar-refractivity contribution in [3.8, 4) is 22.8 Å². The van der Waals surface area contributed by atoms with Gasteiger partial charge in [-0.05, 0) is 55.0 Å². The molecule has 3 aromatic carbocycles. The Morgan fingerprint density at radius 2 is 1.78 bits per heavy atom. The maximum Gasteiger partial charge on any atom is 0.336 e. The summed E-state index contributed by atoms with van der Waals surface area (Å²) in [5.41, 5.74) is 2.04. The van der Waals surface area contributed by atoms with Crippen molar-refractivity contribution in [2.45, 2.75) is 6.92 Å². The van der Waals surface area contributed by atoms with E-state index in [1.807, 2.05) is 13.0 Å². The summed E-state index contributed by atoms with van der Waals surface area (Å²) in [6.07, 6.45) is 2.84. The van der Waals surface area contributed by atoms with Crippen LogP contribution in [0.1, 0.15) is 11.1 Å². The number of benzene rings is 3. The lowest BCUT2D eigenvalue weighted by molar-refractivity contribution is -0.129. The van der Waals surface area contributed by atoms with E-state index >= 15 is 0 Å². The molecule has 0 bridgehead atoms. The third-order valence-corrected chi connectivity index (χ3v) is 5.18. The monoisotopic (exact) mass is 446 g/mol. The van der Waals surface area contributed by atoms with Gasteiger partial charge in [-0.15, -0.1) is 0 Å². The molecule has 0 spiro atoms. The molecule has 4 rings (SSSR count). The number of halogens is 1. The Labute approximate surface area is 189 Å². The van der Waals surface area contributed by atoms with Crippen molar-refractivity contribution in [3.05, 3.63) is 99.2 Å². The van der Waals surface area contributed by atoms with E-state index in [0.717, 1.165) is 11.1 Å². The minimum atomic E-state index is -0.714. The molecule has 0 aliphatic rings. The molecule has 0 N–H and O–H groups in total. The first-order valence-electron chi connectivity index (χ1n) is 9.82. The molecule has 0 saturated heterocycles. The van der Waals surface area contributed by atoms with E-state index in [2.05, 4.69) is 0 Å². The highest BCUT2D eigenvalue weighted by molar-refractivity contribution is 6.33. The second-order valence-electron chi connectivity index (χ2n) is 7.10. The number of carbonyl (C=O) groups is 1. The molecule has 0 aliphatic heterocycles. The van der Waals surface area contributed by atoms with E-state index in [1.165, 1.54) is 6.08 Å². The summed E-state index contributed by atoms with van der Waals surface area (Å²) in [6, 6.07) is 19.3. The van der Waals surface area contributed by atoms with E-state index in [4.69, 9.17) is 25.5 Å². The standard InChI is InChI=1S/C26H19ClO5/c1-16-7-13-22-20(15-16)24(29)26(25(31-22)19-5-3-4-6-21(19)27)32-23(28)14-10-17-8-11-18(30-2)12-9-17/h3-15H,1-2H3/b14-10+. The van der Waals surface area contributed by atoms with Gasteiger partial charge in [0.2, 0.25) is 11.2 Å². The quantitative estimate of drug-likeness (QED) is 0.276. The van der Waals surface area contributed by atoms with Crippen molar-refractivity contribution >= 4 is 34.6 Å². The normalized spacial score (nSPS) is 11.1. The van der Waals surface area contributed by atoms with Crippen molar-refractivity contribution in [1.82, 2.24) is 0 Å². The van der Waals surface area contributed by atoms with Gasteiger partial charge >= 0.3 is 5.97 Å². The largest absolute Gasteiger partial charge is 0.497 e. The highest BCUT2D eigenvalue weighted by atomic mass is 35.5. The number of hydrogen-bond acceptors (Lipinski definition) is 5. The summed E-state index contributed by atoms with van der Waals surface area (Å²) in [4.78, 5) is 25.8. The summed E-state index contributed by atoms with van der Waals surface area (Å²) in [6.45, 7) is 1.87. The molecule has 1 heterocycles. The van der Waals surface area contributed by atoms with Gasteiger partial charge in [0.05, 0.1) is 17.5 Å². The fourth-order valence-corrected chi connectivity index (χ4v) is 3.44. The Bertz CT molecular complexity index is 1380. The molecule has 160 valence electrons. The smallest absolute Gasteiger partial charge is 0.336 e. The second-order valence-corrected chi connectivity index (χ2v) is 7.50. The van der Waals surface area contributed by atoms with E-state index in [0.29, 0.717) is 27.3 Å². The second kappa shape index (κ2) is 9.12. The number of ether oxygens (including phenoxy) is 2. The third-order valence-electron chi connectivity index (χ3n) is 4.85. The summed E-state index contributed by atoms with van der Waals surface area (Å²) < 4.78 is 16.6. The number of fused-ring (bicyclic) bond motifs is 1. The molecule has 4 aromatic rings. The molecular weight excluding hydrogens is 428 g/mol. The molecule has 0 fully saturated rings. The van der Waals surface area contributed by atoms with Gasteiger partial charge in [-0.25, -0.2) is 4.79 Å². The van der Waals surface area contributed by atoms with Crippen LogP contribution in [0.3, 0.4) is 0 Å². The van der Waals surface area contributed by atoms with Crippen LogP contribution in [0.2, 0.25) is 5.02 Å². The van der Waals surface area contributed by atoms with Crippen LogP contribution in [0, 0.1) is 6.92 Å². The summed E-state index contributed by atoms with van der Waals surface area (Å²) in [5, 5.41) is 0.691. The van der Waals surface area contributed by atoms with Gasteiger partial charge in [0.15, 0.2) is 5.76 Å². The predicted molar refractivity (Wildman–Crippen MR) is 125 cm³/mol. The number of rotatable bonds is 5. The fourth-order valence-electron chi connectivity index (χ4n) is 3.22. The van der Waals surface area contributed by atoms with Crippen molar-refractivity contribution in [2.75, 3.05) is 7.11 Å². The van der Waals surface area contributed by atoms with Gasteiger partial charge in [0.1, 0.15) is 11.3 Å². The maximum absolute atomic E-state index is 13.2. The molecule has 0 atom stereocenters. The minimum Gasteiger partial charge on any atom is -0.497 e. The molecule has 6 heteroatoms. The Kier molecular flexibility index (Phi) is 6.10. The first-order chi connectivity index (χ1) is 15.5. The summed E-state index contributed by atoms with van der Waals surface area (Å²) in [5.74, 6) is -0.115. The zero-order valence-electron chi connectivity index (χ0n) is 17.4. The Morgan fingerprint density at radius 1 is 1.03 bits per heavy atom. The lowest BCUT2D eigenvalue weighted by Crippen LogP contribution is -2.14. The Hall–Kier alpha value is -3.83. The molecule has 0 unspecified atom stereocenters. The van der Waals surface area contributed by atoms with Gasteiger partial charge in [-0.1, -0.05) is 47.5 Å². The van der Waals surface area contributed by atoms with Crippen LogP contribution in [-0.2, 0) is 4.79 Å². The fraction of sp³-hybridized carbons (Fsp3) is 0.0769. The molecule has 0 saturated carbocycles. The maximum atomic E-state index is 13.2. The van der Waals surface area contributed by atoms with Crippen LogP contribution >= 0.6 is 11.6 Å². The molecular formula is C26H19ClO5. The third kappa shape index (κ3) is 4.43. The number of aryl methyl sites for hydroxylation is 1. The first kappa shape index (κ1) is 21.4. The van der Waals surface area contributed by atoms with E-state index in [9.17, 15) is 9.59 Å². The van der Waals surface area contributed by atoms with E-state index in [-0.39, 0.29) is 11.5 Å². The highest BCUT2D eigenvalue weighted by Crippen LogP contribution is 2.35. The van der Waals surface area contributed by atoms with Crippen molar-refractivity contribution in [2.24, 2.45) is 0 Å². The first-order valence-corrected chi connectivity index (χ1v) is 10.2. The lowest BCUT2D eigenvalue weighted by Gasteiger charge is -2.11. The van der Waals surface area contributed by atoms with Crippen LogP contribution in [-0.4, -0.2) is 13.1 Å². The van der Waals surface area contributed by atoms with Crippen LogP contribution in [0.4, 0.5) is 0 Å². The van der Waals surface area contributed by atoms with Crippen molar-refractivity contribution < 1.29 is 18.7 Å². The molecule has 0 amide bonds. The van der Waals surface area contributed by atoms with Crippen LogP contribution in [0.15, 0.2) is 82.0 Å². The Morgan fingerprint density at radius 3 is 2.50 bits per heavy atom. The number of carbonyl (C=O) groups excluding carboxylic acids is 1. The molecule has 5 nitrogen and oxygen atoms in total. The molecule has 1 aromatic heterocycles. The summed E-state index contributed by atoms with van der Waals surface area (Å²) in [7, 11) is 1.58. The molecule has 32 heavy (non-hydrogen) atoms. The number of esters is 1. The van der Waals surface area contributed by atoms with Crippen LogP contribution in [0.5, 0.6) is 11.5 Å². The number of hydrogen-bond donors (Lipinski definition) is 0. The topological polar surface area (TPSA) is 65.7 Å². The highest BCUT2D eigenvalue weighted by Gasteiger charge is 2.21. The van der Waals surface area contributed by atoms with Crippen LogP contribution in [0.25, 0.3) is 28.4 Å². The van der Waals surface area contributed by atoms with E-state index in [1.54, 1.807) is 73.8 Å². The minimum absolute atomic E-state index is 0.100. The van der Waals surface area contributed by atoms with Gasteiger partial charge in [-0.3, -0.25) is 4.79 Å². The van der Waals surface area contributed by atoms with Gasteiger partial charge < -0.3 is 13.9 Å². The molecule has 0 radical (unpaired) electrons. The van der Waals surface area contributed by atoms with Crippen molar-refractivity contribution in [1.29, 1.82) is 0 Å². The average molecular weight is 447 g/mol. The SMILES string of the molecule is COc1ccc(/C=C/C(=O)Oc2c(-c3ccccc3Cl)oc3ccc(C)cc3c2=O)cc1. The lowest BCUT2D eigenvalue weighted by atomic mass is 10.1. The van der Waals surface area contributed by atoms with Gasteiger partial charge in [0, 0.05) is 11.6 Å². The Balaban J connectivity index is 1.76. The molecule has 0 aliphatic carbocycles. The summed E-state index contributed by atoms with van der Waals surface area (Å²) >= 11 is 6.34. The van der Waals surface area contributed by atoms with E-state index < -0.39 is 11.4 Å². The van der Waals surface area contributed by atoms with Crippen molar-refractivity contribution in [3.63, 3.8) is 0 Å². The van der Waals surface area contributed by atoms with Crippen LogP contribution < -0.4 is 14.9 Å². The zero-order valence-corrected chi connectivity index (χ0v) is 18.2. The number of methoxy groups -OCH3 is 1. The predicted octanol–water partition coefficient (Wildman–Crippen LogP) is 6.05. The van der Waals surface area contributed by atoms with Gasteiger partial charge in [0.25, 0.3) is 0 Å². The average Bonchev–Trinajstić information content (AvgIpc) is 2.80. The zero-order chi connectivity index (χ0) is 22.7. The van der Waals surface area contributed by atoms with Gasteiger partial charge in [-0.2, -0.15) is 0 Å².